The fourth-order valence-electron chi connectivity index (χ4n) is 1.50. The van der Waals surface area contributed by atoms with Crippen molar-refractivity contribution in [3.05, 3.63) is 6.42 Å². The van der Waals surface area contributed by atoms with Gasteiger partial charge in [-0.15, -0.1) is 0 Å². The molecule has 1 aliphatic heterocycles. The molecule has 1 fully saturated rings. The number of primary amides is 1. The average Bonchev–Trinajstić information content (AvgIpc) is 2.46. The number of likely N-dealkylation sites (tertiary alicyclic amines) is 1. The van der Waals surface area contributed by atoms with Crippen LogP contribution in [0.2, 0.25) is 0 Å². The maximum absolute atomic E-state index is 11.9. The normalized spacial score (nSPS) is 24.1. The summed E-state index contributed by atoms with van der Waals surface area (Å²) >= 11 is 0. The Morgan fingerprint density at radius 2 is 2.21 bits per heavy atom. The quantitative estimate of drug-likeness (QED) is 0.743. The van der Waals surface area contributed by atoms with E-state index < -0.39 is 24.5 Å². The fourth-order valence-corrected chi connectivity index (χ4v) is 1.50. The van der Waals surface area contributed by atoms with Crippen LogP contribution < -0.4 is 5.73 Å². The number of nitrogens with two attached hydrogens (primary N) is 1. The van der Waals surface area contributed by atoms with Crippen LogP contribution in [0.15, 0.2) is 0 Å². The zero-order valence-corrected chi connectivity index (χ0v) is 7.55. The van der Waals surface area contributed by atoms with E-state index >= 15 is 0 Å². The second-order valence-corrected chi connectivity index (χ2v) is 3.27. The molecule has 0 spiro atoms. The van der Waals surface area contributed by atoms with Gasteiger partial charge in [-0.2, -0.15) is 13.2 Å². The minimum atomic E-state index is -4.18. The zero-order valence-electron chi connectivity index (χ0n) is 7.55. The van der Waals surface area contributed by atoms with E-state index in [-0.39, 0.29) is 6.54 Å². The van der Waals surface area contributed by atoms with Crippen LogP contribution in [0, 0.1) is 6.42 Å². The molecule has 6 heteroatoms. The standard InChI is InChI=1S/C8H12F3N2O/c9-8(10,11)3-5-13-4-1-2-6(13)7(12)14/h2,6H,1,3-5H2,(H2,12,14)/t6-/m1/s1. The largest absolute Gasteiger partial charge is 0.390 e. The van der Waals surface area contributed by atoms with Crippen molar-refractivity contribution in [1.82, 2.24) is 4.90 Å². The molecular weight excluding hydrogens is 197 g/mol. The van der Waals surface area contributed by atoms with Gasteiger partial charge < -0.3 is 5.73 Å². The molecule has 81 valence electrons. The molecule has 0 saturated carbocycles. The molecule has 0 unspecified atom stereocenters. The predicted molar refractivity (Wildman–Crippen MR) is 44.1 cm³/mol. The Kier molecular flexibility index (Phi) is 3.36. The van der Waals surface area contributed by atoms with Gasteiger partial charge in [0.25, 0.3) is 0 Å². The van der Waals surface area contributed by atoms with E-state index in [4.69, 9.17) is 5.73 Å². The first-order valence-electron chi connectivity index (χ1n) is 4.33. The summed E-state index contributed by atoms with van der Waals surface area (Å²) in [7, 11) is 0. The first-order valence-corrected chi connectivity index (χ1v) is 4.33. The van der Waals surface area contributed by atoms with E-state index in [1.165, 1.54) is 4.90 Å². The van der Waals surface area contributed by atoms with Gasteiger partial charge in [0.1, 0.15) is 0 Å². The summed E-state index contributed by atoms with van der Waals surface area (Å²) in [6.07, 6.45) is -2.81. The molecule has 0 aromatic rings. The summed E-state index contributed by atoms with van der Waals surface area (Å²) < 4.78 is 35.7. The first kappa shape index (κ1) is 11.3. The molecule has 1 aliphatic rings. The van der Waals surface area contributed by atoms with Gasteiger partial charge >= 0.3 is 6.18 Å². The highest BCUT2D eigenvalue weighted by atomic mass is 19.4. The number of halogens is 3. The summed E-state index contributed by atoms with van der Waals surface area (Å²) in [6.45, 7) is 0.317. The molecule has 0 aromatic heterocycles. The number of carbonyl (C=O) groups is 1. The van der Waals surface area contributed by atoms with Crippen molar-refractivity contribution in [3.8, 4) is 0 Å². The smallest absolute Gasteiger partial charge is 0.368 e. The highest BCUT2D eigenvalue weighted by Gasteiger charge is 2.33. The van der Waals surface area contributed by atoms with Crippen LogP contribution in [-0.2, 0) is 4.79 Å². The third-order valence-electron chi connectivity index (χ3n) is 2.17. The van der Waals surface area contributed by atoms with E-state index in [0.717, 1.165) is 0 Å². The molecule has 2 N–H and O–H groups in total. The fraction of sp³-hybridized carbons (Fsp3) is 0.750. The van der Waals surface area contributed by atoms with E-state index in [9.17, 15) is 18.0 Å². The van der Waals surface area contributed by atoms with Crippen LogP contribution in [0.25, 0.3) is 0 Å². The average molecular weight is 209 g/mol. The summed E-state index contributed by atoms with van der Waals surface area (Å²) in [4.78, 5) is 12.3. The lowest BCUT2D eigenvalue weighted by molar-refractivity contribution is -0.140. The molecule has 14 heavy (non-hydrogen) atoms. The van der Waals surface area contributed by atoms with Crippen molar-refractivity contribution in [1.29, 1.82) is 0 Å². The molecule has 3 nitrogen and oxygen atoms in total. The molecule has 1 saturated heterocycles. The number of nitrogens with zero attached hydrogens (tertiary/aromatic N) is 1. The van der Waals surface area contributed by atoms with E-state index in [1.807, 2.05) is 0 Å². The van der Waals surface area contributed by atoms with Crippen LogP contribution in [0.4, 0.5) is 13.2 Å². The Hall–Kier alpha value is -0.780. The third kappa shape index (κ3) is 3.17. The van der Waals surface area contributed by atoms with E-state index in [1.54, 1.807) is 6.42 Å². The third-order valence-corrected chi connectivity index (χ3v) is 2.17. The van der Waals surface area contributed by atoms with E-state index in [2.05, 4.69) is 0 Å². The van der Waals surface area contributed by atoms with Gasteiger partial charge in [-0.25, -0.2) is 0 Å². The van der Waals surface area contributed by atoms with Crippen molar-refractivity contribution in [2.24, 2.45) is 5.73 Å². The Morgan fingerprint density at radius 3 is 2.71 bits per heavy atom. The molecule has 1 radical (unpaired) electrons. The van der Waals surface area contributed by atoms with Crippen LogP contribution in [0.1, 0.15) is 12.8 Å². The van der Waals surface area contributed by atoms with Crippen LogP contribution in [0.3, 0.4) is 0 Å². The lowest BCUT2D eigenvalue weighted by Gasteiger charge is -2.21. The van der Waals surface area contributed by atoms with Crippen molar-refractivity contribution < 1.29 is 18.0 Å². The lowest BCUT2D eigenvalue weighted by atomic mass is 10.2. The van der Waals surface area contributed by atoms with Gasteiger partial charge in [-0.3, -0.25) is 9.69 Å². The lowest BCUT2D eigenvalue weighted by Crippen LogP contribution is -2.41. The number of hydrogen-bond donors (Lipinski definition) is 1. The maximum atomic E-state index is 11.9. The summed E-state index contributed by atoms with van der Waals surface area (Å²) in [5.74, 6) is -0.579. The highest BCUT2D eigenvalue weighted by molar-refractivity contribution is 5.81. The minimum absolute atomic E-state index is 0.159. The molecule has 0 aliphatic carbocycles. The number of amides is 1. The molecule has 1 atom stereocenters. The topological polar surface area (TPSA) is 46.3 Å². The van der Waals surface area contributed by atoms with Crippen molar-refractivity contribution in [2.75, 3.05) is 13.1 Å². The number of carbonyl (C=O) groups excluding carboxylic acids is 1. The van der Waals surface area contributed by atoms with Crippen molar-refractivity contribution in [2.45, 2.75) is 25.1 Å². The van der Waals surface area contributed by atoms with Crippen molar-refractivity contribution >= 4 is 5.91 Å². The number of rotatable bonds is 3. The van der Waals surface area contributed by atoms with Gasteiger partial charge in [0.15, 0.2) is 0 Å². The Labute approximate surface area is 80.0 Å². The van der Waals surface area contributed by atoms with Gasteiger partial charge in [-0.1, -0.05) is 0 Å². The monoisotopic (exact) mass is 209 g/mol. The number of hydrogen-bond acceptors (Lipinski definition) is 2. The zero-order chi connectivity index (χ0) is 10.8. The maximum Gasteiger partial charge on any atom is 0.390 e. The number of alkyl halides is 3. The molecule has 1 rings (SSSR count). The molecule has 0 aromatic carbocycles. The summed E-state index contributed by atoms with van der Waals surface area (Å²) in [6, 6.07) is -0.627. The highest BCUT2D eigenvalue weighted by Crippen LogP contribution is 2.23. The van der Waals surface area contributed by atoms with Gasteiger partial charge in [-0.05, 0) is 19.4 Å². The van der Waals surface area contributed by atoms with Gasteiger partial charge in [0, 0.05) is 6.54 Å². The Morgan fingerprint density at radius 1 is 1.57 bits per heavy atom. The van der Waals surface area contributed by atoms with Gasteiger partial charge in [0.05, 0.1) is 12.5 Å². The molecule has 1 heterocycles. The van der Waals surface area contributed by atoms with Crippen LogP contribution in [0.5, 0.6) is 0 Å². The summed E-state index contributed by atoms with van der Waals surface area (Å²) in [5.41, 5.74) is 5.03. The minimum Gasteiger partial charge on any atom is -0.368 e. The SMILES string of the molecule is NC(=O)[C@H]1[CH]CCN1CCC(F)(F)F. The molecule has 0 bridgehead atoms. The predicted octanol–water partition coefficient (Wildman–Crippen LogP) is 0.703. The second kappa shape index (κ2) is 4.16. The van der Waals surface area contributed by atoms with Crippen LogP contribution >= 0.6 is 0 Å². The molecular formula is C8H12F3N2O. The second-order valence-electron chi connectivity index (χ2n) is 3.27. The van der Waals surface area contributed by atoms with Crippen LogP contribution in [-0.4, -0.2) is 36.1 Å². The Balaban J connectivity index is 2.40. The first-order chi connectivity index (χ1) is 6.40. The Bertz CT molecular complexity index is 217. The van der Waals surface area contributed by atoms with Gasteiger partial charge in [0.2, 0.25) is 5.91 Å². The molecule has 1 amide bonds. The summed E-state index contributed by atoms with van der Waals surface area (Å²) in [5, 5.41) is 0. The van der Waals surface area contributed by atoms with E-state index in [0.29, 0.717) is 13.0 Å². The van der Waals surface area contributed by atoms with Crippen molar-refractivity contribution in [3.63, 3.8) is 0 Å².